The highest BCUT2D eigenvalue weighted by atomic mass is 16.5. The van der Waals surface area contributed by atoms with Crippen molar-refractivity contribution in [1.29, 1.82) is 0 Å². The Balaban J connectivity index is 3.03. The summed E-state index contributed by atoms with van der Waals surface area (Å²) in [5, 5.41) is 0.229. The Kier molecular flexibility index (Phi) is 4.73. The van der Waals surface area contributed by atoms with E-state index in [4.69, 9.17) is 9.15 Å². The van der Waals surface area contributed by atoms with Crippen molar-refractivity contribution in [3.05, 3.63) is 43.7 Å². The Bertz CT molecular complexity index is 858. The third-order valence-electron chi connectivity index (χ3n) is 3.64. The highest BCUT2D eigenvalue weighted by Crippen LogP contribution is 2.28. The molecule has 0 bridgehead atoms. The second-order valence-corrected chi connectivity index (χ2v) is 6.00. The van der Waals surface area contributed by atoms with E-state index in [9.17, 15) is 14.4 Å². The van der Waals surface area contributed by atoms with Crippen molar-refractivity contribution in [3.8, 4) is 0 Å². The number of rotatable bonds is 4. The maximum absolute atomic E-state index is 12.5. The van der Waals surface area contributed by atoms with Gasteiger partial charge >= 0.3 is 11.6 Å². The number of H-pyrrole nitrogens is 1. The SMILES string of the molecule is CCOC(=O)c1c(C(C)C)[nH]c(=O)c2c(C(C)C)cc(=O)oc12. The number of pyridine rings is 1. The fourth-order valence-electron chi connectivity index (χ4n) is 2.59. The van der Waals surface area contributed by atoms with Crippen molar-refractivity contribution in [2.45, 2.75) is 46.5 Å². The third-order valence-corrected chi connectivity index (χ3v) is 3.64. The molecule has 0 atom stereocenters. The molecule has 2 aromatic rings. The number of aromatic amines is 1. The molecule has 2 aromatic heterocycles. The van der Waals surface area contributed by atoms with Gasteiger partial charge in [0.1, 0.15) is 5.56 Å². The molecule has 0 aliphatic carbocycles. The van der Waals surface area contributed by atoms with Gasteiger partial charge in [-0.25, -0.2) is 9.59 Å². The average Bonchev–Trinajstić information content (AvgIpc) is 2.45. The van der Waals surface area contributed by atoms with E-state index in [1.165, 1.54) is 6.07 Å². The minimum atomic E-state index is -0.610. The summed E-state index contributed by atoms with van der Waals surface area (Å²) in [6.45, 7) is 9.29. The highest BCUT2D eigenvalue weighted by molar-refractivity contribution is 6.03. The van der Waals surface area contributed by atoms with Crippen LogP contribution in [0.15, 0.2) is 20.1 Å². The molecule has 0 fully saturated rings. The Labute approximate surface area is 133 Å². The normalized spacial score (nSPS) is 11.4. The minimum Gasteiger partial charge on any atom is -0.462 e. The van der Waals surface area contributed by atoms with E-state index in [0.29, 0.717) is 11.3 Å². The predicted molar refractivity (Wildman–Crippen MR) is 87.2 cm³/mol. The summed E-state index contributed by atoms with van der Waals surface area (Å²) in [5.41, 5.74) is 0.128. The largest absolute Gasteiger partial charge is 0.462 e. The zero-order valence-electron chi connectivity index (χ0n) is 14.0. The first-order valence-electron chi connectivity index (χ1n) is 7.68. The molecule has 0 unspecified atom stereocenters. The molecule has 2 rings (SSSR count). The summed E-state index contributed by atoms with van der Waals surface area (Å²) in [6.07, 6.45) is 0. The van der Waals surface area contributed by atoms with E-state index < -0.39 is 11.6 Å². The van der Waals surface area contributed by atoms with Gasteiger partial charge in [0, 0.05) is 11.8 Å². The fourth-order valence-corrected chi connectivity index (χ4v) is 2.59. The van der Waals surface area contributed by atoms with Crippen molar-refractivity contribution >= 4 is 16.9 Å². The van der Waals surface area contributed by atoms with Crippen LogP contribution < -0.4 is 11.2 Å². The smallest absolute Gasteiger partial charge is 0.343 e. The first kappa shape index (κ1) is 17.0. The van der Waals surface area contributed by atoms with Gasteiger partial charge in [-0.2, -0.15) is 0 Å². The van der Waals surface area contributed by atoms with Crippen molar-refractivity contribution in [1.82, 2.24) is 4.98 Å². The molecule has 0 radical (unpaired) electrons. The van der Waals surface area contributed by atoms with Crippen LogP contribution in [0.5, 0.6) is 0 Å². The maximum Gasteiger partial charge on any atom is 0.343 e. The van der Waals surface area contributed by atoms with E-state index in [0.717, 1.165) is 0 Å². The number of hydrogen-bond donors (Lipinski definition) is 1. The van der Waals surface area contributed by atoms with Crippen LogP contribution in [0.2, 0.25) is 0 Å². The molecular weight excluding hydrogens is 298 g/mol. The molecule has 0 aromatic carbocycles. The van der Waals surface area contributed by atoms with Crippen LogP contribution in [0, 0.1) is 0 Å². The van der Waals surface area contributed by atoms with Crippen molar-refractivity contribution in [2.24, 2.45) is 0 Å². The molecular formula is C17H21NO5. The van der Waals surface area contributed by atoms with Gasteiger partial charge in [0.25, 0.3) is 5.56 Å². The van der Waals surface area contributed by atoms with Gasteiger partial charge in [-0.1, -0.05) is 27.7 Å². The molecule has 0 spiro atoms. The molecule has 0 saturated heterocycles. The average molecular weight is 319 g/mol. The number of carbonyl (C=O) groups excluding carboxylic acids is 1. The summed E-state index contributed by atoms with van der Waals surface area (Å²) in [4.78, 5) is 39.5. The lowest BCUT2D eigenvalue weighted by atomic mass is 9.96. The second-order valence-electron chi connectivity index (χ2n) is 6.00. The molecule has 124 valence electrons. The predicted octanol–water partition coefficient (Wildman–Crippen LogP) is 2.90. The van der Waals surface area contributed by atoms with Crippen LogP contribution in [-0.2, 0) is 4.74 Å². The first-order valence-corrected chi connectivity index (χ1v) is 7.68. The Morgan fingerprint density at radius 3 is 2.39 bits per heavy atom. The van der Waals surface area contributed by atoms with E-state index in [1.54, 1.807) is 6.92 Å². The lowest BCUT2D eigenvalue weighted by Gasteiger charge is -2.15. The van der Waals surface area contributed by atoms with Crippen LogP contribution in [-0.4, -0.2) is 17.6 Å². The number of carbonyl (C=O) groups is 1. The summed E-state index contributed by atoms with van der Waals surface area (Å²) in [5.74, 6) is -0.816. The van der Waals surface area contributed by atoms with Crippen molar-refractivity contribution in [3.63, 3.8) is 0 Å². The molecule has 2 heterocycles. The Hall–Kier alpha value is -2.37. The van der Waals surface area contributed by atoms with E-state index in [2.05, 4.69) is 4.98 Å². The Morgan fingerprint density at radius 1 is 1.22 bits per heavy atom. The molecule has 0 saturated carbocycles. The van der Waals surface area contributed by atoms with Crippen LogP contribution in [0.1, 0.15) is 68.1 Å². The maximum atomic E-state index is 12.5. The highest BCUT2D eigenvalue weighted by Gasteiger charge is 2.25. The van der Waals surface area contributed by atoms with Gasteiger partial charge in [-0.3, -0.25) is 4.79 Å². The number of fused-ring (bicyclic) bond motifs is 1. The van der Waals surface area contributed by atoms with Crippen LogP contribution in [0.25, 0.3) is 11.0 Å². The summed E-state index contributed by atoms with van der Waals surface area (Å²) < 4.78 is 10.3. The van der Waals surface area contributed by atoms with Gasteiger partial charge in [-0.15, -0.1) is 0 Å². The van der Waals surface area contributed by atoms with Gasteiger partial charge in [-0.05, 0) is 24.3 Å². The number of aromatic nitrogens is 1. The molecule has 6 nitrogen and oxygen atoms in total. The minimum absolute atomic E-state index is 0.00657. The third kappa shape index (κ3) is 3.06. The lowest BCUT2D eigenvalue weighted by Crippen LogP contribution is -2.21. The molecule has 23 heavy (non-hydrogen) atoms. The van der Waals surface area contributed by atoms with Crippen LogP contribution in [0.4, 0.5) is 0 Å². The van der Waals surface area contributed by atoms with Gasteiger partial charge in [0.2, 0.25) is 0 Å². The zero-order valence-corrected chi connectivity index (χ0v) is 14.0. The molecule has 1 N–H and O–H groups in total. The van der Waals surface area contributed by atoms with Crippen LogP contribution >= 0.6 is 0 Å². The molecule has 0 aliphatic rings. The standard InChI is InChI=1S/C17H21NO5/c1-6-22-17(21)13-14(9(4)5)18-16(20)12-10(8(2)3)7-11(19)23-15(12)13/h7-9H,6H2,1-5H3,(H,18,20). The van der Waals surface area contributed by atoms with E-state index in [1.807, 2.05) is 27.7 Å². The summed E-state index contributed by atoms with van der Waals surface area (Å²) >= 11 is 0. The first-order chi connectivity index (χ1) is 10.8. The fraction of sp³-hybridized carbons (Fsp3) is 0.471. The topological polar surface area (TPSA) is 89.4 Å². The molecule has 0 aliphatic heterocycles. The number of hydrogen-bond acceptors (Lipinski definition) is 5. The van der Waals surface area contributed by atoms with Gasteiger partial charge < -0.3 is 14.1 Å². The van der Waals surface area contributed by atoms with Crippen molar-refractivity contribution in [2.75, 3.05) is 6.61 Å². The summed E-state index contributed by atoms with van der Waals surface area (Å²) in [7, 11) is 0. The quantitative estimate of drug-likeness (QED) is 0.875. The second kappa shape index (κ2) is 6.40. The van der Waals surface area contributed by atoms with E-state index in [-0.39, 0.29) is 40.5 Å². The lowest BCUT2D eigenvalue weighted by molar-refractivity contribution is 0.0525. The van der Waals surface area contributed by atoms with Gasteiger partial charge in [0.15, 0.2) is 5.58 Å². The molecule has 0 amide bonds. The van der Waals surface area contributed by atoms with E-state index >= 15 is 0 Å². The van der Waals surface area contributed by atoms with Crippen LogP contribution in [0.3, 0.4) is 0 Å². The summed E-state index contributed by atoms with van der Waals surface area (Å²) in [6, 6.07) is 1.30. The zero-order chi connectivity index (χ0) is 17.3. The monoisotopic (exact) mass is 319 g/mol. The van der Waals surface area contributed by atoms with Gasteiger partial charge in [0.05, 0.1) is 12.0 Å². The number of ether oxygens (including phenoxy) is 1. The van der Waals surface area contributed by atoms with Crippen molar-refractivity contribution < 1.29 is 13.9 Å². The number of nitrogens with one attached hydrogen (secondary N) is 1. The molecule has 6 heteroatoms. The number of esters is 1. The Morgan fingerprint density at radius 2 is 1.87 bits per heavy atom.